The van der Waals surface area contributed by atoms with Gasteiger partial charge in [0.2, 0.25) is 0 Å². The van der Waals surface area contributed by atoms with Crippen LogP contribution in [0, 0.1) is 0 Å². The average molecular weight is 313 g/mol. The maximum absolute atomic E-state index is 9.50. The molecule has 1 aromatic carbocycles. The molecule has 0 unspecified atom stereocenters. The number of hydrogen-bond acceptors (Lipinski definition) is 0. The van der Waals surface area contributed by atoms with Crippen LogP contribution in [0.15, 0.2) is 55.7 Å². The quantitative estimate of drug-likeness (QED) is 0.697. The van der Waals surface area contributed by atoms with E-state index in [0.717, 1.165) is 5.70 Å². The SMILES string of the molecule is C=C/C=C\C(=C)n1c(=C/C)/c(=C\C)c2ccccc21.CC.CF. The van der Waals surface area contributed by atoms with Crippen molar-refractivity contribution < 1.29 is 4.39 Å². The van der Waals surface area contributed by atoms with Gasteiger partial charge < -0.3 is 4.57 Å². The molecule has 0 N–H and O–H groups in total. The number of allylic oxidation sites excluding steroid dienone is 4. The Morgan fingerprint density at radius 1 is 1.09 bits per heavy atom. The van der Waals surface area contributed by atoms with E-state index in [4.69, 9.17) is 0 Å². The van der Waals surface area contributed by atoms with Crippen molar-refractivity contribution in [3.05, 3.63) is 66.2 Å². The number of fused-ring (bicyclic) bond motifs is 1. The lowest BCUT2D eigenvalue weighted by Gasteiger charge is -2.05. The highest BCUT2D eigenvalue weighted by Gasteiger charge is 2.06. The predicted molar refractivity (Wildman–Crippen MR) is 105 cm³/mol. The lowest BCUT2D eigenvalue weighted by atomic mass is 10.2. The standard InChI is InChI=1S/C18H19N.C2H6.CH3F/c1-5-8-11-14(4)19-17(7-3)15(6-2)16-12-9-10-13-18(16)19;2*1-2/h5-13H,1,4H2,2-3H3;1-2H3;1H3/b11-8-,15-6-,17-7+;;. The molecule has 2 heteroatoms. The molecular weight excluding hydrogens is 285 g/mol. The van der Waals surface area contributed by atoms with Gasteiger partial charge in [-0.2, -0.15) is 0 Å². The number of hydrogen-bond donors (Lipinski definition) is 0. The van der Waals surface area contributed by atoms with Gasteiger partial charge in [-0.3, -0.25) is 4.39 Å². The summed E-state index contributed by atoms with van der Waals surface area (Å²) in [5.74, 6) is 0. The molecule has 0 aliphatic carbocycles. The molecule has 0 amide bonds. The monoisotopic (exact) mass is 313 g/mol. The van der Waals surface area contributed by atoms with Crippen LogP contribution in [0.25, 0.3) is 28.8 Å². The molecule has 0 saturated heterocycles. The Labute approximate surface area is 139 Å². The highest BCUT2D eigenvalue weighted by molar-refractivity contribution is 5.86. The van der Waals surface area contributed by atoms with Crippen LogP contribution in [-0.2, 0) is 0 Å². The zero-order chi connectivity index (χ0) is 17.8. The second-order valence-electron chi connectivity index (χ2n) is 4.31. The van der Waals surface area contributed by atoms with E-state index in [2.05, 4.69) is 68.0 Å². The molecule has 23 heavy (non-hydrogen) atoms. The number of rotatable bonds is 3. The van der Waals surface area contributed by atoms with Gasteiger partial charge in [-0.1, -0.05) is 69.5 Å². The van der Waals surface area contributed by atoms with Gasteiger partial charge in [-0.15, -0.1) is 0 Å². The molecule has 0 aliphatic heterocycles. The summed E-state index contributed by atoms with van der Waals surface area (Å²) in [7, 11) is 0.500. The first-order chi connectivity index (χ1) is 11.2. The average Bonchev–Trinajstić information content (AvgIpc) is 2.96. The van der Waals surface area contributed by atoms with Crippen molar-refractivity contribution in [1.82, 2.24) is 4.57 Å². The third kappa shape index (κ3) is 4.56. The molecule has 0 saturated carbocycles. The normalized spacial score (nSPS) is 11.7. The van der Waals surface area contributed by atoms with Crippen molar-refractivity contribution in [2.24, 2.45) is 0 Å². The Balaban J connectivity index is 0.00000112. The Morgan fingerprint density at radius 2 is 1.70 bits per heavy atom. The summed E-state index contributed by atoms with van der Waals surface area (Å²) in [5, 5.41) is 3.69. The van der Waals surface area contributed by atoms with Gasteiger partial charge in [0.25, 0.3) is 0 Å². The summed E-state index contributed by atoms with van der Waals surface area (Å²) >= 11 is 0. The van der Waals surface area contributed by atoms with Crippen molar-refractivity contribution >= 4 is 28.8 Å². The van der Waals surface area contributed by atoms with Crippen molar-refractivity contribution in [2.75, 3.05) is 7.18 Å². The molecule has 124 valence electrons. The minimum Gasteiger partial charge on any atom is -0.310 e. The van der Waals surface area contributed by atoms with Gasteiger partial charge in [0, 0.05) is 21.7 Å². The minimum absolute atomic E-state index is 0.500. The first kappa shape index (κ1) is 20.7. The number of halogens is 1. The smallest absolute Gasteiger partial charge is 0.0785 e. The van der Waals surface area contributed by atoms with Crippen LogP contribution in [0.3, 0.4) is 0 Å². The van der Waals surface area contributed by atoms with Gasteiger partial charge in [0.1, 0.15) is 0 Å². The maximum Gasteiger partial charge on any atom is 0.0785 e. The van der Waals surface area contributed by atoms with E-state index in [1.54, 1.807) is 6.08 Å². The van der Waals surface area contributed by atoms with Crippen LogP contribution in [0.1, 0.15) is 27.7 Å². The fraction of sp³-hybridized carbons (Fsp3) is 0.238. The van der Waals surface area contributed by atoms with Gasteiger partial charge in [0.05, 0.1) is 12.7 Å². The van der Waals surface area contributed by atoms with Crippen molar-refractivity contribution in [3.8, 4) is 0 Å². The molecule has 0 spiro atoms. The van der Waals surface area contributed by atoms with E-state index >= 15 is 0 Å². The third-order valence-electron chi connectivity index (χ3n) is 3.23. The van der Waals surface area contributed by atoms with E-state index < -0.39 is 0 Å². The van der Waals surface area contributed by atoms with Crippen molar-refractivity contribution in [2.45, 2.75) is 27.7 Å². The number of aromatic nitrogens is 1. The van der Waals surface area contributed by atoms with Crippen LogP contribution >= 0.6 is 0 Å². The van der Waals surface area contributed by atoms with Crippen LogP contribution in [-0.4, -0.2) is 11.7 Å². The Hall–Kier alpha value is -2.35. The summed E-state index contributed by atoms with van der Waals surface area (Å²) in [4.78, 5) is 0. The van der Waals surface area contributed by atoms with Gasteiger partial charge >= 0.3 is 0 Å². The fourth-order valence-corrected chi connectivity index (χ4v) is 2.44. The zero-order valence-corrected chi connectivity index (χ0v) is 14.9. The lowest BCUT2D eigenvalue weighted by molar-refractivity contribution is 0.636. The first-order valence-corrected chi connectivity index (χ1v) is 7.83. The first-order valence-electron chi connectivity index (χ1n) is 7.83. The molecule has 1 heterocycles. The van der Waals surface area contributed by atoms with E-state index in [1.165, 1.54) is 21.5 Å². The van der Waals surface area contributed by atoms with E-state index in [9.17, 15) is 4.39 Å². The number of benzene rings is 1. The van der Waals surface area contributed by atoms with Gasteiger partial charge in [-0.25, -0.2) is 0 Å². The highest BCUT2D eigenvalue weighted by Crippen LogP contribution is 2.13. The highest BCUT2D eigenvalue weighted by atomic mass is 19.1. The molecule has 1 nitrogen and oxygen atoms in total. The zero-order valence-electron chi connectivity index (χ0n) is 14.9. The number of para-hydroxylation sites is 1. The molecule has 0 fully saturated rings. The van der Waals surface area contributed by atoms with E-state index in [1.807, 2.05) is 26.0 Å². The van der Waals surface area contributed by atoms with Gasteiger partial charge in [-0.05, 0) is 26.0 Å². The van der Waals surface area contributed by atoms with Crippen molar-refractivity contribution in [1.29, 1.82) is 0 Å². The van der Waals surface area contributed by atoms with Crippen LogP contribution in [0.4, 0.5) is 4.39 Å². The molecule has 0 aliphatic rings. The van der Waals surface area contributed by atoms with E-state index in [-0.39, 0.29) is 0 Å². The van der Waals surface area contributed by atoms with E-state index in [0.29, 0.717) is 7.18 Å². The van der Waals surface area contributed by atoms with Crippen LogP contribution in [0.5, 0.6) is 0 Å². The van der Waals surface area contributed by atoms with Crippen molar-refractivity contribution in [3.63, 3.8) is 0 Å². The van der Waals surface area contributed by atoms with Crippen LogP contribution < -0.4 is 10.6 Å². The summed E-state index contributed by atoms with van der Waals surface area (Å²) in [6.45, 7) is 16.0. The topological polar surface area (TPSA) is 4.93 Å². The second-order valence-corrected chi connectivity index (χ2v) is 4.31. The molecule has 1 aromatic heterocycles. The molecule has 0 bridgehead atoms. The summed E-state index contributed by atoms with van der Waals surface area (Å²) in [5.41, 5.74) is 2.12. The Bertz CT molecular complexity index is 776. The fourth-order valence-electron chi connectivity index (χ4n) is 2.44. The molecule has 0 radical (unpaired) electrons. The number of alkyl halides is 1. The molecular formula is C21H28FN. The predicted octanol–water partition coefficient (Wildman–Crippen LogP) is 5.07. The Morgan fingerprint density at radius 3 is 2.22 bits per heavy atom. The van der Waals surface area contributed by atoms with Gasteiger partial charge in [0.15, 0.2) is 0 Å². The minimum atomic E-state index is 0.500. The second kappa shape index (κ2) is 11.2. The molecule has 0 atom stereocenters. The summed E-state index contributed by atoms with van der Waals surface area (Å²) in [6.07, 6.45) is 9.93. The lowest BCUT2D eigenvalue weighted by Crippen LogP contribution is -2.27. The third-order valence-corrected chi connectivity index (χ3v) is 3.23. The molecule has 2 rings (SSSR count). The summed E-state index contributed by atoms with van der Waals surface area (Å²) < 4.78 is 11.7. The van der Waals surface area contributed by atoms with Crippen LogP contribution in [0.2, 0.25) is 0 Å². The summed E-state index contributed by atoms with van der Waals surface area (Å²) in [6, 6.07) is 8.41. The Kier molecular flexibility index (Phi) is 10.1. The maximum atomic E-state index is 9.50. The largest absolute Gasteiger partial charge is 0.310 e. The number of nitrogens with zero attached hydrogens (tertiary/aromatic N) is 1. The molecule has 2 aromatic rings.